The smallest absolute Gasteiger partial charge is 0.278 e. The number of ether oxygens (including phenoxy) is 1. The predicted octanol–water partition coefficient (Wildman–Crippen LogP) is 2.72. The van der Waals surface area contributed by atoms with Crippen molar-refractivity contribution in [3.05, 3.63) is 64.1 Å². The number of rotatable bonds is 4. The minimum absolute atomic E-state index is 0.117. The average Bonchev–Trinajstić information content (AvgIpc) is 2.61. The molecule has 1 aliphatic heterocycles. The third-order valence-electron chi connectivity index (χ3n) is 6.35. The highest BCUT2D eigenvalue weighted by atomic mass is 16.5. The molecule has 5 rings (SSSR count). The van der Waals surface area contributed by atoms with Gasteiger partial charge < -0.3 is 15.1 Å². The Balaban J connectivity index is 1.39. The largest absolute Gasteiger partial charge is 0.482 e. The molecule has 6 nitrogen and oxygen atoms in total. The number of aromatic nitrogens is 1. The Morgan fingerprint density at radius 1 is 1.11 bits per heavy atom. The quantitative estimate of drug-likeness (QED) is 0.905. The fourth-order valence-electron chi connectivity index (χ4n) is 4.62. The summed E-state index contributed by atoms with van der Waals surface area (Å²) in [5.41, 5.74) is 4.71. The number of carbonyl (C=O) groups is 1. The zero-order valence-corrected chi connectivity index (χ0v) is 15.2. The molecule has 1 N–H and O–H groups in total. The van der Waals surface area contributed by atoms with Gasteiger partial charge in [-0.05, 0) is 36.7 Å². The monoisotopic (exact) mass is 365 g/mol. The summed E-state index contributed by atoms with van der Waals surface area (Å²) >= 11 is 0. The van der Waals surface area contributed by atoms with Crippen LogP contribution in [0.5, 0.6) is 5.75 Å². The number of benzene rings is 1. The number of fused-ring (bicyclic) bond motifs is 1. The first-order valence-corrected chi connectivity index (χ1v) is 9.63. The molecule has 0 atom stereocenters. The van der Waals surface area contributed by atoms with Crippen molar-refractivity contribution in [1.29, 1.82) is 0 Å². The lowest BCUT2D eigenvalue weighted by atomic mass is 9.54. The van der Waals surface area contributed by atoms with Crippen molar-refractivity contribution in [3.63, 3.8) is 0 Å². The SMILES string of the molecule is O=C1c2c(OCc3ccccc3)c(=O)ccn2NCN1C1CC2(CCC2)C1. The Labute approximate surface area is 157 Å². The highest BCUT2D eigenvalue weighted by molar-refractivity contribution is 5.96. The van der Waals surface area contributed by atoms with Gasteiger partial charge in [-0.15, -0.1) is 0 Å². The second-order valence-electron chi connectivity index (χ2n) is 8.01. The van der Waals surface area contributed by atoms with E-state index in [-0.39, 0.29) is 29.7 Å². The molecule has 1 aromatic heterocycles. The molecule has 2 aromatic rings. The van der Waals surface area contributed by atoms with Crippen LogP contribution in [0.4, 0.5) is 0 Å². The maximum absolute atomic E-state index is 13.2. The van der Waals surface area contributed by atoms with Gasteiger partial charge in [0.1, 0.15) is 13.3 Å². The molecule has 2 heterocycles. The number of carbonyl (C=O) groups excluding carboxylic acids is 1. The fourth-order valence-corrected chi connectivity index (χ4v) is 4.62. The number of hydrogen-bond acceptors (Lipinski definition) is 4. The van der Waals surface area contributed by atoms with Gasteiger partial charge in [0.05, 0.1) is 0 Å². The van der Waals surface area contributed by atoms with Crippen molar-refractivity contribution >= 4 is 5.91 Å². The molecule has 0 radical (unpaired) electrons. The van der Waals surface area contributed by atoms with Crippen LogP contribution in [0.15, 0.2) is 47.4 Å². The lowest BCUT2D eigenvalue weighted by molar-refractivity contribution is -0.0461. The minimum Gasteiger partial charge on any atom is -0.482 e. The van der Waals surface area contributed by atoms with Crippen molar-refractivity contribution in [2.45, 2.75) is 44.8 Å². The van der Waals surface area contributed by atoms with E-state index in [2.05, 4.69) is 5.43 Å². The normalized spacial score (nSPS) is 20.4. The molecule has 1 aromatic carbocycles. The standard InChI is InChI=1S/C21H23N3O3/c25-17-7-10-24-18(19(17)27-13-15-5-2-1-3-6-15)20(26)23(14-22-24)16-11-21(12-16)8-4-9-21/h1-3,5-7,10,16,22H,4,8-9,11-14H2. The van der Waals surface area contributed by atoms with Gasteiger partial charge >= 0.3 is 0 Å². The van der Waals surface area contributed by atoms with Gasteiger partial charge in [-0.1, -0.05) is 36.8 Å². The zero-order chi connectivity index (χ0) is 18.4. The number of nitrogens with one attached hydrogen (secondary N) is 1. The maximum atomic E-state index is 13.2. The van der Waals surface area contributed by atoms with E-state index in [1.807, 2.05) is 35.2 Å². The Hall–Kier alpha value is -2.76. The van der Waals surface area contributed by atoms with Crippen molar-refractivity contribution in [2.24, 2.45) is 5.41 Å². The van der Waals surface area contributed by atoms with Crippen molar-refractivity contribution in [2.75, 3.05) is 12.1 Å². The molecular formula is C21H23N3O3. The molecule has 1 amide bonds. The second kappa shape index (κ2) is 6.15. The van der Waals surface area contributed by atoms with Crippen LogP contribution in [-0.2, 0) is 6.61 Å². The molecule has 27 heavy (non-hydrogen) atoms. The van der Waals surface area contributed by atoms with Crippen LogP contribution in [0, 0.1) is 5.41 Å². The third-order valence-corrected chi connectivity index (χ3v) is 6.35. The topological polar surface area (TPSA) is 63.6 Å². The first-order valence-electron chi connectivity index (χ1n) is 9.63. The molecule has 0 bridgehead atoms. The van der Waals surface area contributed by atoms with Crippen molar-refractivity contribution in [1.82, 2.24) is 9.58 Å². The highest BCUT2D eigenvalue weighted by Gasteiger charge is 2.51. The summed E-state index contributed by atoms with van der Waals surface area (Å²) in [6.07, 6.45) is 7.67. The van der Waals surface area contributed by atoms with Gasteiger partial charge in [0.2, 0.25) is 5.43 Å². The molecule has 2 aliphatic carbocycles. The van der Waals surface area contributed by atoms with Gasteiger partial charge in [-0.3, -0.25) is 14.3 Å². The van der Waals surface area contributed by atoms with E-state index < -0.39 is 0 Å². The van der Waals surface area contributed by atoms with E-state index in [0.717, 1.165) is 18.4 Å². The van der Waals surface area contributed by atoms with Crippen LogP contribution in [0.25, 0.3) is 0 Å². The second-order valence-corrected chi connectivity index (χ2v) is 8.01. The van der Waals surface area contributed by atoms with Gasteiger partial charge in [0.15, 0.2) is 11.4 Å². The lowest BCUT2D eigenvalue weighted by Gasteiger charge is -2.57. The van der Waals surface area contributed by atoms with Gasteiger partial charge in [0.25, 0.3) is 5.91 Å². The molecule has 2 saturated carbocycles. The van der Waals surface area contributed by atoms with Crippen molar-refractivity contribution in [3.8, 4) is 5.75 Å². The highest BCUT2D eigenvalue weighted by Crippen LogP contribution is 2.57. The summed E-state index contributed by atoms with van der Waals surface area (Å²) in [7, 11) is 0. The van der Waals surface area contributed by atoms with Crippen LogP contribution in [-0.4, -0.2) is 28.2 Å². The fraction of sp³-hybridized carbons (Fsp3) is 0.429. The van der Waals surface area contributed by atoms with E-state index in [1.165, 1.54) is 25.3 Å². The van der Waals surface area contributed by atoms with Gasteiger partial charge in [0, 0.05) is 18.3 Å². The summed E-state index contributed by atoms with van der Waals surface area (Å²) in [6, 6.07) is 11.4. The summed E-state index contributed by atoms with van der Waals surface area (Å²) in [4.78, 5) is 27.5. The number of hydrogen-bond donors (Lipinski definition) is 1. The van der Waals surface area contributed by atoms with Gasteiger partial charge in [-0.25, -0.2) is 0 Å². The first kappa shape index (κ1) is 16.4. The Bertz CT molecular complexity index is 925. The van der Waals surface area contributed by atoms with E-state index in [4.69, 9.17) is 4.74 Å². The predicted molar refractivity (Wildman–Crippen MR) is 101 cm³/mol. The molecule has 3 aliphatic rings. The van der Waals surface area contributed by atoms with Crippen LogP contribution in [0.2, 0.25) is 0 Å². The molecule has 140 valence electrons. The molecule has 0 saturated heterocycles. The molecule has 6 heteroatoms. The number of pyridine rings is 1. The molecule has 0 unspecified atom stereocenters. The molecule has 1 spiro atoms. The summed E-state index contributed by atoms with van der Waals surface area (Å²) in [5.74, 6) is 0.00918. The van der Waals surface area contributed by atoms with Crippen LogP contribution in [0.3, 0.4) is 0 Å². The average molecular weight is 365 g/mol. The summed E-state index contributed by atoms with van der Waals surface area (Å²) in [6.45, 7) is 0.723. The van der Waals surface area contributed by atoms with Crippen LogP contribution >= 0.6 is 0 Å². The maximum Gasteiger partial charge on any atom is 0.278 e. The van der Waals surface area contributed by atoms with Crippen LogP contribution in [0.1, 0.15) is 48.2 Å². The zero-order valence-electron chi connectivity index (χ0n) is 15.2. The summed E-state index contributed by atoms with van der Waals surface area (Å²) < 4.78 is 7.45. The van der Waals surface area contributed by atoms with Crippen molar-refractivity contribution < 1.29 is 9.53 Å². The Morgan fingerprint density at radius 3 is 2.59 bits per heavy atom. The number of nitrogens with zero attached hydrogens (tertiary/aromatic N) is 2. The van der Waals surface area contributed by atoms with Crippen LogP contribution < -0.4 is 15.6 Å². The molecular weight excluding hydrogens is 342 g/mol. The first-order chi connectivity index (χ1) is 13.2. The minimum atomic E-state index is -0.266. The molecule has 2 fully saturated rings. The van der Waals surface area contributed by atoms with E-state index in [0.29, 0.717) is 17.8 Å². The Morgan fingerprint density at radius 2 is 1.89 bits per heavy atom. The van der Waals surface area contributed by atoms with E-state index >= 15 is 0 Å². The lowest BCUT2D eigenvalue weighted by Crippen LogP contribution is -2.59. The van der Waals surface area contributed by atoms with E-state index in [1.54, 1.807) is 10.9 Å². The van der Waals surface area contributed by atoms with Gasteiger partial charge in [-0.2, -0.15) is 0 Å². The Kier molecular flexibility index (Phi) is 3.74. The third kappa shape index (κ3) is 2.71. The van der Waals surface area contributed by atoms with E-state index in [9.17, 15) is 9.59 Å². The summed E-state index contributed by atoms with van der Waals surface area (Å²) in [5, 5.41) is 0. The number of amides is 1.